The first kappa shape index (κ1) is 20.2. The Labute approximate surface area is 183 Å². The van der Waals surface area contributed by atoms with Gasteiger partial charge in [-0.15, -0.1) is 11.3 Å². The van der Waals surface area contributed by atoms with E-state index in [1.165, 1.54) is 16.9 Å². The molecule has 0 spiro atoms. The van der Waals surface area contributed by atoms with E-state index in [0.29, 0.717) is 28.9 Å². The van der Waals surface area contributed by atoms with Gasteiger partial charge in [-0.2, -0.15) is 5.10 Å². The molecular formula is C23H20ClN3O2S. The van der Waals surface area contributed by atoms with Gasteiger partial charge >= 0.3 is 0 Å². The summed E-state index contributed by atoms with van der Waals surface area (Å²) in [5.41, 5.74) is 3.25. The number of amides is 1. The number of thiophene rings is 1. The molecule has 4 rings (SSSR count). The zero-order valence-corrected chi connectivity index (χ0v) is 17.9. The lowest BCUT2D eigenvalue weighted by molar-refractivity contribution is 0.103. The minimum absolute atomic E-state index is 0.242. The molecule has 0 aliphatic rings. The van der Waals surface area contributed by atoms with Crippen LogP contribution in [0.5, 0.6) is 5.75 Å². The number of carbonyl (C=O) groups is 1. The summed E-state index contributed by atoms with van der Waals surface area (Å²) in [6.45, 7) is 3.03. The molecule has 2 aromatic heterocycles. The second-order valence-corrected chi connectivity index (χ2v) is 8.20. The molecule has 30 heavy (non-hydrogen) atoms. The third-order valence-corrected chi connectivity index (χ3v) is 5.69. The molecule has 152 valence electrons. The molecule has 0 saturated heterocycles. The summed E-state index contributed by atoms with van der Waals surface area (Å²) in [7, 11) is 0. The highest BCUT2D eigenvalue weighted by Gasteiger charge is 2.15. The van der Waals surface area contributed by atoms with E-state index in [1.54, 1.807) is 10.9 Å². The number of hydrogen-bond donors (Lipinski definition) is 1. The molecule has 0 atom stereocenters. The summed E-state index contributed by atoms with van der Waals surface area (Å²) in [4.78, 5) is 13.2. The number of nitrogens with one attached hydrogen (secondary N) is 1. The summed E-state index contributed by atoms with van der Waals surface area (Å²) in [6, 6.07) is 19.6. The summed E-state index contributed by atoms with van der Waals surface area (Å²) in [5.74, 6) is 0.901. The molecular weight excluding hydrogens is 418 g/mol. The molecule has 0 unspecified atom stereocenters. The van der Waals surface area contributed by atoms with Crippen LogP contribution in [0.2, 0.25) is 5.02 Å². The maximum Gasteiger partial charge on any atom is 0.266 e. The Morgan fingerprint density at radius 1 is 1.13 bits per heavy atom. The van der Waals surface area contributed by atoms with Crippen molar-refractivity contribution in [2.24, 2.45) is 0 Å². The summed E-state index contributed by atoms with van der Waals surface area (Å²) in [5, 5.41) is 9.52. The van der Waals surface area contributed by atoms with Gasteiger partial charge in [0.1, 0.15) is 17.4 Å². The Kier molecular flexibility index (Phi) is 6.16. The van der Waals surface area contributed by atoms with Crippen molar-refractivity contribution in [1.82, 2.24) is 9.78 Å². The molecule has 0 saturated carbocycles. The Balaban J connectivity index is 1.37. The van der Waals surface area contributed by atoms with E-state index < -0.39 is 0 Å². The topological polar surface area (TPSA) is 56.2 Å². The molecule has 1 amide bonds. The zero-order valence-electron chi connectivity index (χ0n) is 16.3. The Morgan fingerprint density at radius 3 is 2.67 bits per heavy atom. The monoisotopic (exact) mass is 437 g/mol. The van der Waals surface area contributed by atoms with E-state index in [9.17, 15) is 4.79 Å². The average molecular weight is 438 g/mol. The minimum atomic E-state index is -0.242. The first-order valence-corrected chi connectivity index (χ1v) is 10.7. The number of halogens is 1. The fourth-order valence-corrected chi connectivity index (χ4v) is 3.86. The number of benzene rings is 2. The lowest BCUT2D eigenvalue weighted by atomic mass is 10.1. The number of aromatic nitrogens is 2. The molecule has 0 aliphatic carbocycles. The fraction of sp³-hybridized carbons (Fsp3) is 0.130. The molecule has 2 heterocycles. The van der Waals surface area contributed by atoms with Crippen molar-refractivity contribution in [2.75, 3.05) is 5.32 Å². The highest BCUT2D eigenvalue weighted by molar-refractivity contribution is 7.12. The van der Waals surface area contributed by atoms with E-state index in [4.69, 9.17) is 16.3 Å². The zero-order chi connectivity index (χ0) is 20.9. The van der Waals surface area contributed by atoms with Crippen LogP contribution in [0.3, 0.4) is 0 Å². The van der Waals surface area contributed by atoms with E-state index in [-0.39, 0.29) is 5.91 Å². The molecule has 0 bridgehead atoms. The summed E-state index contributed by atoms with van der Waals surface area (Å²) >= 11 is 7.64. The van der Waals surface area contributed by atoms with Gasteiger partial charge in [0, 0.05) is 11.8 Å². The maximum atomic E-state index is 12.6. The van der Waals surface area contributed by atoms with Gasteiger partial charge in [-0.25, -0.2) is 0 Å². The Hall–Kier alpha value is -3.09. The predicted molar refractivity (Wildman–Crippen MR) is 121 cm³/mol. The largest absolute Gasteiger partial charge is 0.489 e. The highest BCUT2D eigenvalue weighted by atomic mass is 35.5. The number of aryl methyl sites for hydroxylation is 1. The molecule has 7 heteroatoms. The van der Waals surface area contributed by atoms with Crippen molar-refractivity contribution in [3.05, 3.63) is 98.8 Å². The van der Waals surface area contributed by atoms with E-state index >= 15 is 0 Å². The van der Waals surface area contributed by atoms with E-state index in [0.717, 1.165) is 16.9 Å². The Morgan fingerprint density at radius 2 is 1.90 bits per heavy atom. The van der Waals surface area contributed by atoms with Crippen LogP contribution in [0.1, 0.15) is 26.4 Å². The number of para-hydroxylation sites is 1. The molecule has 2 aromatic carbocycles. The molecule has 1 N–H and O–H groups in total. The summed E-state index contributed by atoms with van der Waals surface area (Å²) < 4.78 is 7.45. The van der Waals surface area contributed by atoms with Crippen molar-refractivity contribution < 1.29 is 9.53 Å². The van der Waals surface area contributed by atoms with Crippen molar-refractivity contribution in [2.45, 2.75) is 20.1 Å². The number of anilines is 1. The fourth-order valence-electron chi connectivity index (χ4n) is 2.87. The molecule has 0 aliphatic heterocycles. The number of rotatable bonds is 7. The molecule has 4 aromatic rings. The van der Waals surface area contributed by atoms with E-state index in [1.807, 2.05) is 60.8 Å². The smallest absolute Gasteiger partial charge is 0.266 e. The van der Waals surface area contributed by atoms with Gasteiger partial charge in [0.05, 0.1) is 11.4 Å². The van der Waals surface area contributed by atoms with Crippen LogP contribution >= 0.6 is 22.9 Å². The van der Waals surface area contributed by atoms with Gasteiger partial charge in [0.15, 0.2) is 5.82 Å². The van der Waals surface area contributed by atoms with E-state index in [2.05, 4.69) is 22.5 Å². The van der Waals surface area contributed by atoms with Crippen LogP contribution in [0.25, 0.3) is 0 Å². The van der Waals surface area contributed by atoms with Gasteiger partial charge in [-0.05, 0) is 36.1 Å². The summed E-state index contributed by atoms with van der Waals surface area (Å²) in [6.07, 6.45) is 1.71. The van der Waals surface area contributed by atoms with Crippen LogP contribution in [-0.4, -0.2) is 15.7 Å². The number of carbonyl (C=O) groups excluding carboxylic acids is 1. The van der Waals surface area contributed by atoms with Crippen molar-refractivity contribution in [1.29, 1.82) is 0 Å². The van der Waals surface area contributed by atoms with Gasteiger partial charge in [0.2, 0.25) is 0 Å². The quantitative estimate of drug-likeness (QED) is 0.398. The average Bonchev–Trinajstić information content (AvgIpc) is 3.36. The van der Waals surface area contributed by atoms with Crippen LogP contribution in [0.4, 0.5) is 5.82 Å². The van der Waals surface area contributed by atoms with Crippen LogP contribution in [0, 0.1) is 6.92 Å². The second kappa shape index (κ2) is 9.15. The third-order valence-electron chi connectivity index (χ3n) is 4.44. The van der Waals surface area contributed by atoms with Crippen molar-refractivity contribution >= 4 is 34.7 Å². The first-order chi connectivity index (χ1) is 14.6. The minimum Gasteiger partial charge on any atom is -0.489 e. The van der Waals surface area contributed by atoms with Crippen LogP contribution in [-0.2, 0) is 13.2 Å². The number of nitrogens with zero attached hydrogens (tertiary/aromatic N) is 2. The van der Waals surface area contributed by atoms with Crippen molar-refractivity contribution in [3.63, 3.8) is 0 Å². The Bertz CT molecular complexity index is 1140. The van der Waals surface area contributed by atoms with Crippen molar-refractivity contribution in [3.8, 4) is 5.75 Å². The normalized spacial score (nSPS) is 10.7. The standard InChI is InChI=1S/C23H20ClN3O2S/c1-16-7-9-17(10-8-16)12-27-13-20(24)22(26-27)25-23(28)21-11-18(15-30-21)14-29-19-5-3-2-4-6-19/h2-11,13,15H,12,14H2,1H3,(H,25,26,28). The molecule has 0 fully saturated rings. The second-order valence-electron chi connectivity index (χ2n) is 6.88. The van der Waals surface area contributed by atoms with Crippen LogP contribution in [0.15, 0.2) is 72.2 Å². The predicted octanol–water partition coefficient (Wildman–Crippen LogP) is 5.79. The molecule has 0 radical (unpaired) electrons. The number of hydrogen-bond acceptors (Lipinski definition) is 4. The van der Waals surface area contributed by atoms with Gasteiger partial charge in [0.25, 0.3) is 5.91 Å². The highest BCUT2D eigenvalue weighted by Crippen LogP contribution is 2.23. The van der Waals surface area contributed by atoms with Crippen LogP contribution < -0.4 is 10.1 Å². The lowest BCUT2D eigenvalue weighted by Gasteiger charge is -2.04. The third kappa shape index (κ3) is 5.09. The lowest BCUT2D eigenvalue weighted by Crippen LogP contribution is -2.11. The van der Waals surface area contributed by atoms with Gasteiger partial charge in [-0.1, -0.05) is 59.6 Å². The first-order valence-electron chi connectivity index (χ1n) is 9.42. The molecule has 5 nitrogen and oxygen atoms in total. The maximum absolute atomic E-state index is 12.6. The van der Waals surface area contributed by atoms with Gasteiger partial charge < -0.3 is 10.1 Å². The number of ether oxygens (including phenoxy) is 1. The SMILES string of the molecule is Cc1ccc(Cn2cc(Cl)c(NC(=O)c3cc(COc4ccccc4)cs3)n2)cc1. The van der Waals surface area contributed by atoms with Gasteiger partial charge in [-0.3, -0.25) is 9.48 Å².